The predicted molar refractivity (Wildman–Crippen MR) is 141 cm³/mol. The van der Waals surface area contributed by atoms with E-state index < -0.39 is 40.7 Å². The van der Waals surface area contributed by atoms with Crippen LogP contribution in [0.2, 0.25) is 0 Å². The largest absolute Gasteiger partial charge is 0.496 e. The molecule has 38 heavy (non-hydrogen) atoms. The van der Waals surface area contributed by atoms with Gasteiger partial charge in [0, 0.05) is 23.9 Å². The number of ketones is 1. The second kappa shape index (κ2) is 8.91. The second-order valence-electron chi connectivity index (χ2n) is 9.33. The number of non-ortho nitro benzene ring substituents is 1. The quantitative estimate of drug-likeness (QED) is 0.187. The van der Waals surface area contributed by atoms with Gasteiger partial charge >= 0.3 is 0 Å². The first-order valence-electron chi connectivity index (χ1n) is 11.9. The number of carbonyl (C=O) groups is 3. The normalized spacial score (nSPS) is 23.2. The number of benzene rings is 3. The molecule has 4 atom stereocenters. The van der Waals surface area contributed by atoms with Gasteiger partial charge in [-0.05, 0) is 63.5 Å². The number of rotatable bonds is 5. The average Bonchev–Trinajstić information content (AvgIpc) is 3.40. The van der Waals surface area contributed by atoms with Crippen LogP contribution < -0.4 is 9.64 Å². The summed E-state index contributed by atoms with van der Waals surface area (Å²) in [6, 6.07) is 16.4. The van der Waals surface area contributed by atoms with Crippen LogP contribution >= 0.6 is 15.9 Å². The number of amides is 2. The van der Waals surface area contributed by atoms with Crippen molar-refractivity contribution in [3.63, 3.8) is 0 Å². The van der Waals surface area contributed by atoms with E-state index in [1.165, 1.54) is 31.4 Å². The van der Waals surface area contributed by atoms with Crippen molar-refractivity contribution >= 4 is 51.0 Å². The summed E-state index contributed by atoms with van der Waals surface area (Å²) in [5.74, 6) is -2.40. The maximum atomic E-state index is 14.0. The minimum atomic E-state index is -0.938. The minimum Gasteiger partial charge on any atom is -0.496 e. The first-order chi connectivity index (χ1) is 18.3. The molecule has 2 saturated heterocycles. The van der Waals surface area contributed by atoms with Crippen LogP contribution in [0.3, 0.4) is 0 Å². The average molecular weight is 574 g/mol. The van der Waals surface area contributed by atoms with E-state index in [1.807, 2.05) is 35.2 Å². The first kappa shape index (κ1) is 24.1. The van der Waals surface area contributed by atoms with Gasteiger partial charge < -0.3 is 9.64 Å². The van der Waals surface area contributed by atoms with Crippen molar-refractivity contribution in [1.82, 2.24) is 4.90 Å². The minimum absolute atomic E-state index is 0.149. The van der Waals surface area contributed by atoms with Crippen LogP contribution in [0.15, 0.2) is 77.4 Å². The number of carbonyl (C=O) groups excluding carboxylic acids is 3. The number of fused-ring (bicyclic) bond motifs is 5. The van der Waals surface area contributed by atoms with E-state index in [0.717, 1.165) is 16.0 Å². The fourth-order valence-electron chi connectivity index (χ4n) is 5.83. The van der Waals surface area contributed by atoms with Gasteiger partial charge in [0.25, 0.3) is 5.69 Å². The highest BCUT2D eigenvalue weighted by Gasteiger charge is 2.64. The zero-order valence-corrected chi connectivity index (χ0v) is 21.6. The highest BCUT2D eigenvalue weighted by Crippen LogP contribution is 2.53. The zero-order chi connectivity index (χ0) is 26.7. The third kappa shape index (κ3) is 3.47. The molecule has 0 unspecified atom stereocenters. The van der Waals surface area contributed by atoms with Crippen LogP contribution in [-0.2, 0) is 9.59 Å². The van der Waals surface area contributed by atoms with Crippen molar-refractivity contribution in [1.29, 1.82) is 0 Å². The Bertz CT molecular complexity index is 1550. The van der Waals surface area contributed by atoms with Gasteiger partial charge in [-0.1, -0.05) is 24.3 Å². The predicted octanol–water partition coefficient (Wildman–Crippen LogP) is 4.76. The molecule has 0 N–H and O–H groups in total. The highest BCUT2D eigenvalue weighted by molar-refractivity contribution is 9.10. The Labute approximate surface area is 225 Å². The molecule has 3 aromatic rings. The molecular formula is C28H20BrN3O6. The Kier molecular flexibility index (Phi) is 5.64. The molecule has 0 radical (unpaired) electrons. The topological polar surface area (TPSA) is 110 Å². The van der Waals surface area contributed by atoms with Gasteiger partial charge in [-0.3, -0.25) is 24.5 Å². The number of methoxy groups -OCH3 is 1. The number of nitro groups is 1. The van der Waals surface area contributed by atoms with Crippen LogP contribution in [0, 0.1) is 22.0 Å². The molecule has 3 aliphatic heterocycles. The Morgan fingerprint density at radius 1 is 1.00 bits per heavy atom. The number of nitro benzene ring substituents is 1. The lowest BCUT2D eigenvalue weighted by Gasteiger charge is -2.35. The highest BCUT2D eigenvalue weighted by atomic mass is 79.9. The molecule has 2 fully saturated rings. The Balaban J connectivity index is 1.46. The van der Waals surface area contributed by atoms with Crippen LogP contribution in [0.5, 0.6) is 5.75 Å². The fraction of sp³-hybridized carbons (Fsp3) is 0.179. The SMILES string of the molecule is COc1ccc(C(=O)[C@@H]2[C@@H]3C(=O)N(c4ccc([N+](=O)[O-])cc4)C(=O)[C@@H]3[C@@H]3c4ccccc4C=CN23)cc1Br. The van der Waals surface area contributed by atoms with Gasteiger partial charge in [0.05, 0.1) is 40.1 Å². The smallest absolute Gasteiger partial charge is 0.269 e. The van der Waals surface area contributed by atoms with Crippen LogP contribution in [0.25, 0.3) is 6.08 Å². The molecule has 3 aromatic carbocycles. The number of anilines is 1. The fourth-order valence-corrected chi connectivity index (χ4v) is 6.37. The molecule has 0 spiro atoms. The Morgan fingerprint density at radius 2 is 1.71 bits per heavy atom. The molecule has 0 bridgehead atoms. The Hall–Kier alpha value is -4.31. The third-order valence-electron chi connectivity index (χ3n) is 7.49. The van der Waals surface area contributed by atoms with E-state index in [1.54, 1.807) is 24.4 Å². The maximum Gasteiger partial charge on any atom is 0.269 e. The molecule has 10 heteroatoms. The van der Waals surface area contributed by atoms with Crippen molar-refractivity contribution in [2.24, 2.45) is 11.8 Å². The lowest BCUT2D eigenvalue weighted by atomic mass is 9.83. The van der Waals surface area contributed by atoms with E-state index in [4.69, 9.17) is 4.74 Å². The van der Waals surface area contributed by atoms with Crippen molar-refractivity contribution in [2.45, 2.75) is 12.1 Å². The summed E-state index contributed by atoms with van der Waals surface area (Å²) >= 11 is 3.43. The molecular weight excluding hydrogens is 554 g/mol. The summed E-state index contributed by atoms with van der Waals surface area (Å²) in [7, 11) is 1.53. The molecule has 0 aromatic heterocycles. The van der Waals surface area contributed by atoms with E-state index in [-0.39, 0.29) is 17.2 Å². The third-order valence-corrected chi connectivity index (χ3v) is 8.10. The van der Waals surface area contributed by atoms with Crippen molar-refractivity contribution in [2.75, 3.05) is 12.0 Å². The standard InChI is InChI=1S/C28H20BrN3O6/c1-38-21-11-6-16(14-20(21)29)26(33)25-23-22(24-19-5-3-2-4-15(19)12-13-30(24)25)27(34)31(28(23)35)17-7-9-18(10-8-17)32(36)37/h2-14,22-25H,1H3/t22-,23+,24-,25-/m0/s1. The van der Waals surface area contributed by atoms with E-state index in [0.29, 0.717) is 15.8 Å². The van der Waals surface area contributed by atoms with Crippen LogP contribution in [-0.4, -0.2) is 40.6 Å². The van der Waals surface area contributed by atoms with Gasteiger partial charge in [-0.2, -0.15) is 0 Å². The van der Waals surface area contributed by atoms with E-state index in [2.05, 4.69) is 15.9 Å². The summed E-state index contributed by atoms with van der Waals surface area (Å²) in [6.07, 6.45) is 3.68. The summed E-state index contributed by atoms with van der Waals surface area (Å²) in [5.41, 5.74) is 2.25. The number of Topliss-reactive ketones (excluding diaryl/α,β-unsaturated/α-hetero) is 1. The molecule has 6 rings (SSSR count). The number of hydrogen-bond donors (Lipinski definition) is 0. The van der Waals surface area contributed by atoms with Gasteiger partial charge in [-0.25, -0.2) is 4.90 Å². The summed E-state index contributed by atoms with van der Waals surface area (Å²) in [4.78, 5) is 55.3. The molecule has 190 valence electrons. The molecule has 2 amide bonds. The van der Waals surface area contributed by atoms with Crippen LogP contribution in [0.4, 0.5) is 11.4 Å². The number of ether oxygens (including phenoxy) is 1. The molecule has 0 aliphatic carbocycles. The molecule has 3 heterocycles. The van der Waals surface area contributed by atoms with Crippen LogP contribution in [0.1, 0.15) is 27.5 Å². The summed E-state index contributed by atoms with van der Waals surface area (Å²) in [5, 5.41) is 11.1. The van der Waals surface area contributed by atoms with E-state index in [9.17, 15) is 24.5 Å². The second-order valence-corrected chi connectivity index (χ2v) is 10.2. The van der Waals surface area contributed by atoms with E-state index >= 15 is 0 Å². The number of halogens is 1. The molecule has 9 nitrogen and oxygen atoms in total. The molecule has 0 saturated carbocycles. The molecule has 3 aliphatic rings. The first-order valence-corrected chi connectivity index (χ1v) is 12.7. The summed E-state index contributed by atoms with van der Waals surface area (Å²) < 4.78 is 5.88. The van der Waals surface area contributed by atoms with Gasteiger partial charge in [-0.15, -0.1) is 0 Å². The zero-order valence-electron chi connectivity index (χ0n) is 20.0. The van der Waals surface area contributed by atoms with Crippen molar-refractivity contribution in [3.8, 4) is 5.75 Å². The lowest BCUT2D eigenvalue weighted by molar-refractivity contribution is -0.384. The maximum absolute atomic E-state index is 14.0. The Morgan fingerprint density at radius 3 is 2.39 bits per heavy atom. The van der Waals surface area contributed by atoms with Gasteiger partial charge in [0.2, 0.25) is 11.8 Å². The van der Waals surface area contributed by atoms with Crippen molar-refractivity contribution in [3.05, 3.63) is 104 Å². The van der Waals surface area contributed by atoms with Crippen molar-refractivity contribution < 1.29 is 24.0 Å². The van der Waals surface area contributed by atoms with Gasteiger partial charge in [0.15, 0.2) is 5.78 Å². The monoisotopic (exact) mass is 573 g/mol. The van der Waals surface area contributed by atoms with Gasteiger partial charge in [0.1, 0.15) is 11.8 Å². The lowest BCUT2D eigenvalue weighted by Crippen LogP contribution is -2.44. The number of nitrogens with zero attached hydrogens (tertiary/aromatic N) is 3. The summed E-state index contributed by atoms with van der Waals surface area (Å²) in [6.45, 7) is 0. The number of imide groups is 1. The number of hydrogen-bond acceptors (Lipinski definition) is 7.